The lowest BCUT2D eigenvalue weighted by molar-refractivity contribution is 0.476. The van der Waals surface area contributed by atoms with Crippen molar-refractivity contribution in [1.29, 1.82) is 0 Å². The van der Waals surface area contributed by atoms with Gasteiger partial charge in [-0.25, -0.2) is 4.98 Å². The minimum Gasteiger partial charge on any atom is -0.508 e. The number of para-hydroxylation sites is 1. The molecule has 0 fully saturated rings. The van der Waals surface area contributed by atoms with Crippen molar-refractivity contribution in [1.82, 2.24) is 9.55 Å². The summed E-state index contributed by atoms with van der Waals surface area (Å²) in [4.78, 5) is 4.71. The number of hydrogen-bond donors (Lipinski definition) is 1. The third kappa shape index (κ3) is 2.04. The normalized spacial score (nSPS) is 11.9. The minimum absolute atomic E-state index is 0.203. The SMILES string of the molecule is [B]c1ccc2c(c1)c1ccc(O)cc1n2-c1cc2oc3ccccc3c2cn1. The van der Waals surface area contributed by atoms with Gasteiger partial charge in [-0.2, -0.15) is 0 Å². The summed E-state index contributed by atoms with van der Waals surface area (Å²) in [6.07, 6.45) is 1.84. The van der Waals surface area contributed by atoms with Gasteiger partial charge in [-0.15, -0.1) is 0 Å². The highest BCUT2D eigenvalue weighted by atomic mass is 16.3. The van der Waals surface area contributed by atoms with Gasteiger partial charge in [-0.3, -0.25) is 4.57 Å². The molecule has 4 nitrogen and oxygen atoms in total. The Kier molecular flexibility index (Phi) is 2.96. The van der Waals surface area contributed by atoms with Crippen molar-refractivity contribution in [2.24, 2.45) is 0 Å². The molecular weight excluding hydrogens is 347 g/mol. The Morgan fingerprint density at radius 1 is 0.786 bits per heavy atom. The smallest absolute Gasteiger partial charge is 0.141 e. The zero-order valence-corrected chi connectivity index (χ0v) is 14.8. The van der Waals surface area contributed by atoms with Crippen molar-refractivity contribution in [3.05, 3.63) is 72.9 Å². The maximum atomic E-state index is 10.1. The van der Waals surface area contributed by atoms with Gasteiger partial charge >= 0.3 is 0 Å². The van der Waals surface area contributed by atoms with E-state index in [0.717, 1.165) is 49.6 Å². The van der Waals surface area contributed by atoms with E-state index in [2.05, 4.69) is 0 Å². The van der Waals surface area contributed by atoms with Crippen molar-refractivity contribution in [3.63, 3.8) is 0 Å². The maximum absolute atomic E-state index is 10.1. The lowest BCUT2D eigenvalue weighted by Crippen LogP contribution is -2.01. The molecule has 0 amide bonds. The topological polar surface area (TPSA) is 51.2 Å². The lowest BCUT2D eigenvalue weighted by Gasteiger charge is -2.07. The van der Waals surface area contributed by atoms with Crippen LogP contribution in [0.1, 0.15) is 0 Å². The number of furan rings is 1. The first kappa shape index (κ1) is 15.3. The van der Waals surface area contributed by atoms with Gasteiger partial charge in [0.25, 0.3) is 0 Å². The van der Waals surface area contributed by atoms with Crippen molar-refractivity contribution in [2.75, 3.05) is 0 Å². The number of pyridine rings is 1. The van der Waals surface area contributed by atoms with Crippen molar-refractivity contribution in [3.8, 4) is 11.6 Å². The molecular formula is C23H13BN2O2. The average Bonchev–Trinajstić information content (AvgIpc) is 3.22. The number of nitrogens with zero attached hydrogens (tertiary/aromatic N) is 2. The molecule has 0 spiro atoms. The molecule has 0 saturated heterocycles. The Morgan fingerprint density at radius 2 is 1.68 bits per heavy atom. The first-order chi connectivity index (χ1) is 13.7. The van der Waals surface area contributed by atoms with Crippen LogP contribution in [0.4, 0.5) is 0 Å². The second kappa shape index (κ2) is 5.39. The summed E-state index contributed by atoms with van der Waals surface area (Å²) in [5.74, 6) is 0.927. The summed E-state index contributed by atoms with van der Waals surface area (Å²) in [6.45, 7) is 0. The Hall–Kier alpha value is -3.73. The highest BCUT2D eigenvalue weighted by molar-refractivity contribution is 6.34. The van der Waals surface area contributed by atoms with Crippen LogP contribution in [-0.2, 0) is 0 Å². The molecule has 0 aliphatic carbocycles. The molecule has 2 radical (unpaired) electrons. The molecule has 0 unspecified atom stereocenters. The first-order valence-electron chi connectivity index (χ1n) is 8.99. The van der Waals surface area contributed by atoms with Crippen LogP contribution < -0.4 is 5.46 Å². The second-order valence-corrected chi connectivity index (χ2v) is 6.95. The molecule has 0 saturated carbocycles. The predicted molar refractivity (Wildman–Crippen MR) is 113 cm³/mol. The highest BCUT2D eigenvalue weighted by Crippen LogP contribution is 2.35. The molecule has 5 heteroatoms. The van der Waals surface area contributed by atoms with Gasteiger partial charge in [0, 0.05) is 39.9 Å². The maximum Gasteiger partial charge on any atom is 0.141 e. The third-order valence-corrected chi connectivity index (χ3v) is 5.25. The zero-order valence-electron chi connectivity index (χ0n) is 14.8. The number of benzene rings is 3. The fourth-order valence-corrected chi connectivity index (χ4v) is 4.01. The van der Waals surface area contributed by atoms with Crippen molar-refractivity contribution >= 4 is 57.1 Å². The summed E-state index contributed by atoms with van der Waals surface area (Å²) >= 11 is 0. The van der Waals surface area contributed by atoms with Crippen molar-refractivity contribution in [2.45, 2.75) is 0 Å². The van der Waals surface area contributed by atoms with Gasteiger partial charge in [0.15, 0.2) is 0 Å². The van der Waals surface area contributed by atoms with Crippen LogP contribution in [0.5, 0.6) is 5.75 Å². The van der Waals surface area contributed by atoms with Gasteiger partial charge < -0.3 is 9.52 Å². The molecule has 0 aliphatic rings. The highest BCUT2D eigenvalue weighted by Gasteiger charge is 2.15. The van der Waals surface area contributed by atoms with Crippen LogP contribution in [-0.4, -0.2) is 22.5 Å². The number of phenolic OH excluding ortho intramolecular Hbond substituents is 1. The van der Waals surface area contributed by atoms with E-state index < -0.39 is 0 Å². The number of fused-ring (bicyclic) bond motifs is 6. The number of phenols is 1. The Labute approximate surface area is 161 Å². The summed E-state index contributed by atoms with van der Waals surface area (Å²) in [5.41, 5.74) is 4.14. The van der Waals surface area contributed by atoms with E-state index in [1.54, 1.807) is 12.1 Å². The summed E-state index contributed by atoms with van der Waals surface area (Å²) < 4.78 is 8.06. The van der Waals surface area contributed by atoms with E-state index in [0.29, 0.717) is 5.46 Å². The lowest BCUT2D eigenvalue weighted by atomic mass is 9.94. The zero-order chi connectivity index (χ0) is 18.8. The molecule has 0 aliphatic heterocycles. The minimum atomic E-state index is 0.203. The van der Waals surface area contributed by atoms with Gasteiger partial charge in [-0.1, -0.05) is 35.8 Å². The van der Waals surface area contributed by atoms with E-state index in [1.165, 1.54) is 0 Å². The fraction of sp³-hybridized carbons (Fsp3) is 0. The Balaban J connectivity index is 1.73. The largest absolute Gasteiger partial charge is 0.508 e. The predicted octanol–water partition coefficient (Wildman–Crippen LogP) is 4.58. The molecule has 0 atom stereocenters. The summed E-state index contributed by atoms with van der Waals surface area (Å²) in [6, 6.07) is 21.0. The molecule has 28 heavy (non-hydrogen) atoms. The number of rotatable bonds is 1. The second-order valence-electron chi connectivity index (χ2n) is 6.95. The van der Waals surface area contributed by atoms with E-state index in [1.807, 2.05) is 65.4 Å². The third-order valence-electron chi connectivity index (χ3n) is 5.25. The Bertz CT molecular complexity index is 1550. The van der Waals surface area contributed by atoms with Gasteiger partial charge in [-0.05, 0) is 24.3 Å². The summed E-state index contributed by atoms with van der Waals surface area (Å²) in [7, 11) is 6.02. The Morgan fingerprint density at radius 3 is 2.61 bits per heavy atom. The molecule has 3 heterocycles. The van der Waals surface area contributed by atoms with Crippen molar-refractivity contribution < 1.29 is 9.52 Å². The quantitative estimate of drug-likeness (QED) is 0.437. The molecule has 3 aromatic heterocycles. The average molecular weight is 360 g/mol. The van der Waals surface area contributed by atoms with Gasteiger partial charge in [0.05, 0.1) is 11.0 Å². The van der Waals surface area contributed by atoms with Gasteiger partial charge in [0.1, 0.15) is 30.6 Å². The van der Waals surface area contributed by atoms with Crippen LogP contribution in [0.3, 0.4) is 0 Å². The van der Waals surface area contributed by atoms with E-state index >= 15 is 0 Å². The summed E-state index contributed by atoms with van der Waals surface area (Å²) in [5, 5.41) is 14.1. The van der Waals surface area contributed by atoms with Crippen LogP contribution in [0.2, 0.25) is 0 Å². The molecule has 0 bridgehead atoms. The van der Waals surface area contributed by atoms with Gasteiger partial charge in [0.2, 0.25) is 0 Å². The van der Waals surface area contributed by atoms with Crippen LogP contribution in [0.15, 0.2) is 77.3 Å². The fourth-order valence-electron chi connectivity index (χ4n) is 4.01. The van der Waals surface area contributed by atoms with Crippen LogP contribution in [0.25, 0.3) is 49.6 Å². The van der Waals surface area contributed by atoms with Crippen LogP contribution >= 0.6 is 0 Å². The number of aromatic hydroxyl groups is 1. The monoisotopic (exact) mass is 360 g/mol. The number of hydrogen-bond acceptors (Lipinski definition) is 3. The molecule has 130 valence electrons. The number of aromatic nitrogens is 2. The molecule has 3 aromatic carbocycles. The van der Waals surface area contributed by atoms with E-state index in [9.17, 15) is 5.11 Å². The molecule has 6 aromatic rings. The first-order valence-corrected chi connectivity index (χ1v) is 8.99. The van der Waals surface area contributed by atoms with Crippen LogP contribution in [0, 0.1) is 0 Å². The standard InChI is InChI=1S/C23H13BN2O2/c24-13-5-8-19-17(9-13)15-7-6-14(27)10-20(15)26(19)23-11-22-18(12-25-23)16-3-1-2-4-21(16)28-22/h1-12,27H. The van der Waals surface area contributed by atoms with E-state index in [-0.39, 0.29) is 5.75 Å². The van der Waals surface area contributed by atoms with E-state index in [4.69, 9.17) is 17.2 Å². The molecule has 1 N–H and O–H groups in total. The molecule has 6 rings (SSSR count).